The van der Waals surface area contributed by atoms with E-state index in [1.165, 1.54) is 6.07 Å². The molecule has 1 aliphatic heterocycles. The van der Waals surface area contributed by atoms with Gasteiger partial charge in [0.2, 0.25) is 0 Å². The van der Waals surface area contributed by atoms with Crippen molar-refractivity contribution in [3.63, 3.8) is 0 Å². The van der Waals surface area contributed by atoms with Crippen LogP contribution >= 0.6 is 0 Å². The van der Waals surface area contributed by atoms with Crippen molar-refractivity contribution in [3.8, 4) is 0 Å². The molecule has 0 bridgehead atoms. The van der Waals surface area contributed by atoms with Gasteiger partial charge in [0.05, 0.1) is 19.3 Å². The Hall–Kier alpha value is -2.72. The molecule has 10 heteroatoms. The lowest BCUT2D eigenvalue weighted by atomic mass is 10.1. The average Bonchev–Trinajstić information content (AvgIpc) is 3.13. The zero-order valence-corrected chi connectivity index (χ0v) is 14.9. The summed E-state index contributed by atoms with van der Waals surface area (Å²) >= 11 is 0. The molecule has 1 N–H and O–H groups in total. The topological polar surface area (TPSA) is 67.6 Å². The van der Waals surface area contributed by atoms with Crippen LogP contribution in [0.1, 0.15) is 17.4 Å². The summed E-state index contributed by atoms with van der Waals surface area (Å²) in [6.45, 7) is 3.63. The van der Waals surface area contributed by atoms with Gasteiger partial charge >= 0.3 is 6.18 Å². The zero-order valence-electron chi connectivity index (χ0n) is 14.9. The maximum atomic E-state index is 13.1. The third-order valence-corrected chi connectivity index (χ3v) is 4.58. The first-order chi connectivity index (χ1) is 13.5. The van der Waals surface area contributed by atoms with Gasteiger partial charge in [-0.05, 0) is 17.7 Å². The minimum Gasteiger partial charge on any atom is -0.379 e. The Morgan fingerprint density at radius 2 is 1.79 bits per heavy atom. The first kappa shape index (κ1) is 18.6. The van der Waals surface area contributed by atoms with Gasteiger partial charge in [0, 0.05) is 19.6 Å². The fourth-order valence-corrected chi connectivity index (χ4v) is 3.18. The van der Waals surface area contributed by atoms with Crippen molar-refractivity contribution in [1.29, 1.82) is 0 Å². The molecule has 1 saturated heterocycles. The number of ether oxygens (including phenoxy) is 1. The molecule has 0 spiro atoms. The van der Waals surface area contributed by atoms with Crippen molar-refractivity contribution in [2.75, 3.05) is 38.2 Å². The number of halogens is 3. The van der Waals surface area contributed by atoms with Gasteiger partial charge in [-0.25, -0.2) is 0 Å². The smallest absolute Gasteiger partial charge is 0.379 e. The number of fused-ring (bicyclic) bond motifs is 1. The first-order valence-electron chi connectivity index (χ1n) is 8.92. The standard InChI is InChI=1S/C18H19F3N6O/c19-18(20,21)17-24-23-16-7-6-15(25-27(16)17)22-14(13-4-2-1-3-5-13)12-26-8-10-28-11-9-26/h1-7,14H,8-12H2,(H,22,25)/t14-/m1/s1. The number of morpholine rings is 1. The van der Waals surface area contributed by atoms with Gasteiger partial charge in [0.15, 0.2) is 5.65 Å². The minimum absolute atomic E-state index is 0.0438. The molecule has 2 aromatic heterocycles. The molecule has 0 unspecified atom stereocenters. The van der Waals surface area contributed by atoms with Crippen LogP contribution in [0, 0.1) is 0 Å². The van der Waals surface area contributed by atoms with Gasteiger partial charge in [-0.3, -0.25) is 4.90 Å². The third kappa shape index (κ3) is 4.07. The second kappa shape index (κ2) is 7.72. The number of nitrogens with one attached hydrogen (secondary N) is 1. The summed E-state index contributed by atoms with van der Waals surface area (Å²) in [6.07, 6.45) is -4.63. The average molecular weight is 392 g/mol. The van der Waals surface area contributed by atoms with Gasteiger partial charge < -0.3 is 10.1 Å². The Morgan fingerprint density at radius 1 is 1.04 bits per heavy atom. The highest BCUT2D eigenvalue weighted by Crippen LogP contribution is 2.28. The van der Waals surface area contributed by atoms with Gasteiger partial charge in [0.25, 0.3) is 5.82 Å². The largest absolute Gasteiger partial charge is 0.453 e. The second-order valence-corrected chi connectivity index (χ2v) is 6.53. The normalized spacial score (nSPS) is 17.0. The highest BCUT2D eigenvalue weighted by Gasteiger charge is 2.37. The number of hydrogen-bond donors (Lipinski definition) is 1. The van der Waals surface area contributed by atoms with Gasteiger partial charge in [0.1, 0.15) is 5.82 Å². The molecule has 0 saturated carbocycles. The van der Waals surface area contributed by atoms with Gasteiger partial charge in [-0.15, -0.1) is 15.3 Å². The number of nitrogens with zero attached hydrogens (tertiary/aromatic N) is 5. The van der Waals surface area contributed by atoms with E-state index in [2.05, 4.69) is 25.5 Å². The van der Waals surface area contributed by atoms with Crippen LogP contribution in [0.4, 0.5) is 19.0 Å². The van der Waals surface area contributed by atoms with Crippen molar-refractivity contribution in [3.05, 3.63) is 53.9 Å². The third-order valence-electron chi connectivity index (χ3n) is 4.58. The van der Waals surface area contributed by atoms with Crippen molar-refractivity contribution in [2.45, 2.75) is 12.2 Å². The van der Waals surface area contributed by atoms with Gasteiger partial charge in [-0.2, -0.15) is 17.7 Å². The summed E-state index contributed by atoms with van der Waals surface area (Å²) in [6, 6.07) is 12.7. The Morgan fingerprint density at radius 3 is 2.50 bits per heavy atom. The van der Waals surface area contributed by atoms with Crippen LogP contribution in [0.25, 0.3) is 5.65 Å². The fourth-order valence-electron chi connectivity index (χ4n) is 3.18. The van der Waals surface area contributed by atoms with E-state index in [-0.39, 0.29) is 11.7 Å². The minimum atomic E-state index is -4.63. The van der Waals surface area contributed by atoms with E-state index in [1.54, 1.807) is 6.07 Å². The summed E-state index contributed by atoms with van der Waals surface area (Å²) in [5.74, 6) is -0.824. The predicted octanol–water partition coefficient (Wildman–Crippen LogP) is 2.63. The first-order valence-corrected chi connectivity index (χ1v) is 8.92. The number of alkyl halides is 3. The molecule has 1 atom stereocenters. The summed E-state index contributed by atoms with van der Waals surface area (Å²) < 4.78 is 45.5. The number of benzene rings is 1. The van der Waals surface area contributed by atoms with E-state index >= 15 is 0 Å². The number of hydrogen-bond acceptors (Lipinski definition) is 6. The molecule has 3 aromatic rings. The van der Waals surface area contributed by atoms with E-state index in [9.17, 15) is 13.2 Å². The molecule has 148 valence electrons. The monoisotopic (exact) mass is 392 g/mol. The molecular weight excluding hydrogens is 373 g/mol. The summed E-state index contributed by atoms with van der Waals surface area (Å²) in [5, 5.41) is 14.1. The van der Waals surface area contributed by atoms with Crippen LogP contribution in [0.2, 0.25) is 0 Å². The molecule has 3 heterocycles. The van der Waals surface area contributed by atoms with E-state index in [0.29, 0.717) is 25.6 Å². The lowest BCUT2D eigenvalue weighted by Crippen LogP contribution is -2.40. The summed E-state index contributed by atoms with van der Waals surface area (Å²) in [7, 11) is 0. The van der Waals surface area contributed by atoms with Crippen LogP contribution in [0.5, 0.6) is 0 Å². The lowest BCUT2D eigenvalue weighted by Gasteiger charge is -2.31. The van der Waals surface area contributed by atoms with E-state index in [4.69, 9.17) is 4.74 Å². The molecule has 1 aromatic carbocycles. The van der Waals surface area contributed by atoms with Crippen LogP contribution in [-0.4, -0.2) is 57.6 Å². The summed E-state index contributed by atoms with van der Waals surface area (Å²) in [4.78, 5) is 2.26. The fraction of sp³-hybridized carbons (Fsp3) is 0.389. The maximum Gasteiger partial charge on any atom is 0.453 e. The van der Waals surface area contributed by atoms with Crippen molar-refractivity contribution in [2.24, 2.45) is 0 Å². The van der Waals surface area contributed by atoms with Crippen LogP contribution < -0.4 is 5.32 Å². The Labute approximate surface area is 159 Å². The highest BCUT2D eigenvalue weighted by atomic mass is 19.4. The lowest BCUT2D eigenvalue weighted by molar-refractivity contribution is -0.146. The number of rotatable bonds is 5. The van der Waals surface area contributed by atoms with Crippen LogP contribution in [0.15, 0.2) is 42.5 Å². The molecule has 0 aliphatic carbocycles. The van der Waals surface area contributed by atoms with Gasteiger partial charge in [-0.1, -0.05) is 30.3 Å². The molecule has 28 heavy (non-hydrogen) atoms. The molecule has 7 nitrogen and oxygen atoms in total. The predicted molar refractivity (Wildman–Crippen MR) is 95.8 cm³/mol. The van der Waals surface area contributed by atoms with Crippen molar-refractivity contribution in [1.82, 2.24) is 24.7 Å². The molecule has 1 fully saturated rings. The van der Waals surface area contributed by atoms with Crippen molar-refractivity contribution >= 4 is 11.5 Å². The van der Waals surface area contributed by atoms with E-state index < -0.39 is 12.0 Å². The molecule has 1 aliphatic rings. The number of anilines is 1. The molecule has 0 amide bonds. The Kier molecular flexibility index (Phi) is 5.14. The summed E-state index contributed by atoms with van der Waals surface area (Å²) in [5.41, 5.74) is 1.07. The maximum absolute atomic E-state index is 13.1. The highest BCUT2D eigenvalue weighted by molar-refractivity contribution is 5.45. The quantitative estimate of drug-likeness (QED) is 0.720. The van der Waals surface area contributed by atoms with Crippen LogP contribution in [-0.2, 0) is 10.9 Å². The van der Waals surface area contributed by atoms with Crippen molar-refractivity contribution < 1.29 is 17.9 Å². The Bertz CT molecular complexity index is 924. The van der Waals surface area contributed by atoms with E-state index in [0.717, 1.165) is 23.2 Å². The SMILES string of the molecule is FC(F)(F)c1nnc2ccc(N[C@H](CN3CCOCC3)c3ccccc3)nn12. The second-order valence-electron chi connectivity index (χ2n) is 6.53. The van der Waals surface area contributed by atoms with Crippen LogP contribution in [0.3, 0.4) is 0 Å². The van der Waals surface area contributed by atoms with E-state index in [1.807, 2.05) is 30.3 Å². The zero-order chi connectivity index (χ0) is 19.6. The molecule has 4 rings (SSSR count). The molecular formula is C18H19F3N6O. The molecule has 0 radical (unpaired) electrons. The number of aromatic nitrogens is 4. The Balaban J connectivity index is 1.62.